The van der Waals surface area contributed by atoms with Crippen LogP contribution in [0, 0.1) is 5.92 Å². The molecule has 2 rings (SSSR count). The number of anilines is 2. The van der Waals surface area contributed by atoms with Crippen molar-refractivity contribution >= 4 is 11.4 Å². The molecule has 0 saturated carbocycles. The lowest BCUT2D eigenvalue weighted by Gasteiger charge is -2.27. The molecule has 2 unspecified atom stereocenters. The lowest BCUT2D eigenvalue weighted by atomic mass is 10.1. The zero-order chi connectivity index (χ0) is 13.2. The van der Waals surface area contributed by atoms with Gasteiger partial charge >= 0.3 is 0 Å². The van der Waals surface area contributed by atoms with Gasteiger partial charge in [0.15, 0.2) is 0 Å². The molecule has 0 aliphatic carbocycles. The van der Waals surface area contributed by atoms with Crippen LogP contribution in [0.1, 0.15) is 13.3 Å². The SMILES string of the molecule is CC[N+](C)(O)CC1CCN(c2ccc(N)cc2)C1. The highest BCUT2D eigenvalue weighted by Gasteiger charge is 2.29. The third-order valence-electron chi connectivity index (χ3n) is 3.88. The number of hydrogen-bond acceptors (Lipinski definition) is 3. The predicted octanol–water partition coefficient (Wildman–Crippen LogP) is 1.95. The molecule has 4 nitrogen and oxygen atoms in total. The fourth-order valence-electron chi connectivity index (χ4n) is 2.59. The number of benzene rings is 1. The Morgan fingerprint density at radius 1 is 1.39 bits per heavy atom. The van der Waals surface area contributed by atoms with Crippen LogP contribution in [0.4, 0.5) is 11.4 Å². The summed E-state index contributed by atoms with van der Waals surface area (Å²) in [5.41, 5.74) is 7.74. The van der Waals surface area contributed by atoms with E-state index in [0.717, 1.165) is 38.3 Å². The first-order valence-corrected chi connectivity index (χ1v) is 6.68. The summed E-state index contributed by atoms with van der Waals surface area (Å²) >= 11 is 0. The second kappa shape index (κ2) is 5.16. The molecule has 0 bridgehead atoms. The zero-order valence-electron chi connectivity index (χ0n) is 11.3. The van der Waals surface area contributed by atoms with E-state index in [2.05, 4.69) is 17.0 Å². The van der Waals surface area contributed by atoms with Crippen molar-refractivity contribution < 1.29 is 9.85 Å². The average molecular weight is 250 g/mol. The second-order valence-corrected chi connectivity index (χ2v) is 5.53. The minimum atomic E-state index is 0.125. The number of hydrogen-bond donors (Lipinski definition) is 2. The van der Waals surface area contributed by atoms with Crippen LogP contribution in [-0.4, -0.2) is 43.1 Å². The largest absolute Gasteiger partial charge is 0.399 e. The Morgan fingerprint density at radius 3 is 2.67 bits per heavy atom. The van der Waals surface area contributed by atoms with Gasteiger partial charge in [-0.3, -0.25) is 0 Å². The number of nitrogens with two attached hydrogens (primary N) is 1. The third kappa shape index (κ3) is 3.15. The normalized spacial score (nSPS) is 23.1. The van der Waals surface area contributed by atoms with Gasteiger partial charge in [0, 0.05) is 30.4 Å². The van der Waals surface area contributed by atoms with Crippen molar-refractivity contribution in [1.82, 2.24) is 0 Å². The maximum atomic E-state index is 10.1. The van der Waals surface area contributed by atoms with Crippen molar-refractivity contribution in [1.29, 1.82) is 0 Å². The maximum absolute atomic E-state index is 10.1. The smallest absolute Gasteiger partial charge is 0.113 e. The molecule has 4 heteroatoms. The van der Waals surface area contributed by atoms with Crippen molar-refractivity contribution in [2.24, 2.45) is 5.92 Å². The van der Waals surface area contributed by atoms with Gasteiger partial charge in [0.1, 0.15) is 13.1 Å². The molecule has 3 N–H and O–H groups in total. The fourth-order valence-corrected chi connectivity index (χ4v) is 2.59. The topological polar surface area (TPSA) is 49.5 Å². The Morgan fingerprint density at radius 2 is 2.06 bits per heavy atom. The van der Waals surface area contributed by atoms with Crippen molar-refractivity contribution in [3.8, 4) is 0 Å². The third-order valence-corrected chi connectivity index (χ3v) is 3.88. The fraction of sp³-hybridized carbons (Fsp3) is 0.571. The maximum Gasteiger partial charge on any atom is 0.113 e. The first-order chi connectivity index (χ1) is 8.50. The van der Waals surface area contributed by atoms with Crippen LogP contribution >= 0.6 is 0 Å². The summed E-state index contributed by atoms with van der Waals surface area (Å²) in [5.74, 6) is 0.567. The summed E-state index contributed by atoms with van der Waals surface area (Å²) in [6, 6.07) is 8.04. The first-order valence-electron chi connectivity index (χ1n) is 6.68. The Labute approximate surface area is 109 Å². The van der Waals surface area contributed by atoms with Crippen LogP contribution in [0.25, 0.3) is 0 Å². The summed E-state index contributed by atoms with van der Waals surface area (Å²) in [6.45, 7) is 5.71. The molecule has 1 heterocycles. The molecular weight excluding hydrogens is 226 g/mol. The molecule has 2 atom stereocenters. The summed E-state index contributed by atoms with van der Waals surface area (Å²) in [5, 5.41) is 10.1. The molecule has 1 aromatic carbocycles. The van der Waals surface area contributed by atoms with Crippen molar-refractivity contribution in [2.75, 3.05) is 43.9 Å². The summed E-state index contributed by atoms with van der Waals surface area (Å²) in [7, 11) is 1.88. The lowest BCUT2D eigenvalue weighted by molar-refractivity contribution is -1.09. The highest BCUT2D eigenvalue weighted by molar-refractivity contribution is 5.53. The molecule has 0 spiro atoms. The van der Waals surface area contributed by atoms with E-state index < -0.39 is 0 Å². The average Bonchev–Trinajstić information content (AvgIpc) is 2.78. The van der Waals surface area contributed by atoms with Crippen LogP contribution in [0.15, 0.2) is 24.3 Å². The van der Waals surface area contributed by atoms with Crippen LogP contribution < -0.4 is 10.6 Å². The molecule has 18 heavy (non-hydrogen) atoms. The van der Waals surface area contributed by atoms with Crippen LogP contribution in [-0.2, 0) is 0 Å². The Hall–Kier alpha value is -1.26. The van der Waals surface area contributed by atoms with Gasteiger partial charge in [-0.2, -0.15) is 4.65 Å². The molecule has 1 aliphatic heterocycles. The molecule has 0 amide bonds. The van der Waals surface area contributed by atoms with Gasteiger partial charge in [0.25, 0.3) is 0 Å². The molecule has 1 fully saturated rings. The zero-order valence-corrected chi connectivity index (χ0v) is 11.3. The second-order valence-electron chi connectivity index (χ2n) is 5.53. The molecule has 100 valence electrons. The molecule has 0 radical (unpaired) electrons. The Kier molecular flexibility index (Phi) is 3.78. The van der Waals surface area contributed by atoms with Gasteiger partial charge in [-0.05, 0) is 37.6 Å². The van der Waals surface area contributed by atoms with Crippen LogP contribution in [0.5, 0.6) is 0 Å². The van der Waals surface area contributed by atoms with Gasteiger partial charge in [0.05, 0.1) is 7.05 Å². The summed E-state index contributed by atoms with van der Waals surface area (Å²) in [6.07, 6.45) is 1.15. The number of hydroxylamine groups is 3. The highest BCUT2D eigenvalue weighted by Crippen LogP contribution is 2.25. The minimum Gasteiger partial charge on any atom is -0.399 e. The van der Waals surface area contributed by atoms with E-state index in [0.29, 0.717) is 5.92 Å². The standard InChI is InChI=1S/C14H24N3O/c1-3-17(2,18)11-12-8-9-16(10-12)14-6-4-13(15)5-7-14/h4-7,12,18H,3,8-11,15H2,1-2H3/q+1. The number of nitrogen functional groups attached to an aromatic ring is 1. The number of rotatable bonds is 4. The summed E-state index contributed by atoms with van der Waals surface area (Å²) in [4.78, 5) is 2.37. The van der Waals surface area contributed by atoms with Gasteiger partial charge < -0.3 is 10.6 Å². The van der Waals surface area contributed by atoms with Crippen molar-refractivity contribution in [3.63, 3.8) is 0 Å². The molecule has 1 aromatic rings. The lowest BCUT2D eigenvalue weighted by Crippen LogP contribution is -2.44. The minimum absolute atomic E-state index is 0.125. The Bertz CT molecular complexity index is 389. The van der Waals surface area contributed by atoms with E-state index >= 15 is 0 Å². The van der Waals surface area contributed by atoms with E-state index in [9.17, 15) is 5.21 Å². The first kappa shape index (κ1) is 13.2. The van der Waals surface area contributed by atoms with E-state index in [1.54, 1.807) is 0 Å². The Balaban J connectivity index is 1.94. The van der Waals surface area contributed by atoms with Gasteiger partial charge in [-0.25, -0.2) is 5.21 Å². The van der Waals surface area contributed by atoms with E-state index in [-0.39, 0.29) is 4.65 Å². The predicted molar refractivity (Wildman–Crippen MR) is 74.6 cm³/mol. The molecule has 1 saturated heterocycles. The van der Waals surface area contributed by atoms with Crippen molar-refractivity contribution in [2.45, 2.75) is 13.3 Å². The van der Waals surface area contributed by atoms with Gasteiger partial charge in [0.2, 0.25) is 0 Å². The highest BCUT2D eigenvalue weighted by atomic mass is 16.5. The van der Waals surface area contributed by atoms with E-state index in [1.807, 2.05) is 26.1 Å². The van der Waals surface area contributed by atoms with Crippen LogP contribution in [0.2, 0.25) is 0 Å². The monoisotopic (exact) mass is 250 g/mol. The van der Waals surface area contributed by atoms with Crippen molar-refractivity contribution in [3.05, 3.63) is 24.3 Å². The molecular formula is C14H24N3O+. The molecule has 0 aromatic heterocycles. The van der Waals surface area contributed by atoms with E-state index in [4.69, 9.17) is 5.73 Å². The number of quaternary nitrogens is 1. The molecule has 1 aliphatic rings. The van der Waals surface area contributed by atoms with Gasteiger partial charge in [-0.1, -0.05) is 0 Å². The summed E-state index contributed by atoms with van der Waals surface area (Å²) < 4.78 is 0.125. The number of nitrogens with zero attached hydrogens (tertiary/aromatic N) is 2. The van der Waals surface area contributed by atoms with Gasteiger partial charge in [-0.15, -0.1) is 0 Å². The van der Waals surface area contributed by atoms with Crippen LogP contribution in [0.3, 0.4) is 0 Å². The quantitative estimate of drug-likeness (QED) is 0.488. The van der Waals surface area contributed by atoms with E-state index in [1.165, 1.54) is 5.69 Å².